The van der Waals surface area contributed by atoms with Crippen molar-refractivity contribution in [3.05, 3.63) is 12.2 Å². The van der Waals surface area contributed by atoms with E-state index in [1.54, 1.807) is 0 Å². The predicted octanol–water partition coefficient (Wildman–Crippen LogP) is 2.88. The van der Waals surface area contributed by atoms with E-state index in [1.807, 2.05) is 0 Å². The number of rotatable bonds is 4. The van der Waals surface area contributed by atoms with Gasteiger partial charge < -0.3 is 9.47 Å². The highest BCUT2D eigenvalue weighted by Crippen LogP contribution is 2.66. The van der Waals surface area contributed by atoms with Crippen molar-refractivity contribution in [3.8, 4) is 0 Å². The van der Waals surface area contributed by atoms with Crippen LogP contribution >= 0.6 is 0 Å². The molecular weight excluding hydrogens is 224 g/mol. The van der Waals surface area contributed by atoms with Gasteiger partial charge in [0.2, 0.25) is 0 Å². The van der Waals surface area contributed by atoms with E-state index >= 15 is 0 Å². The van der Waals surface area contributed by atoms with Gasteiger partial charge in [0.15, 0.2) is 0 Å². The first-order valence-corrected chi connectivity index (χ1v) is 7.76. The molecule has 8 atom stereocenters. The van der Waals surface area contributed by atoms with E-state index in [0.29, 0.717) is 12.2 Å². The Labute approximate surface area is 110 Å². The third kappa shape index (κ3) is 1.31. The summed E-state index contributed by atoms with van der Waals surface area (Å²) in [5.74, 6) is 5.10. The lowest BCUT2D eigenvalue weighted by molar-refractivity contribution is -0.119. The molecule has 0 saturated heterocycles. The van der Waals surface area contributed by atoms with Crippen LogP contribution in [-0.4, -0.2) is 25.4 Å². The zero-order chi connectivity index (χ0) is 12.3. The van der Waals surface area contributed by atoms with Gasteiger partial charge in [-0.15, -0.1) is 0 Å². The molecule has 3 saturated carbocycles. The smallest absolute Gasteiger partial charge is 0.0870 e. The van der Waals surface area contributed by atoms with E-state index in [1.165, 1.54) is 12.8 Å². The highest BCUT2D eigenvalue weighted by atomic mass is 16.5. The fourth-order valence-electron chi connectivity index (χ4n) is 5.75. The van der Waals surface area contributed by atoms with Crippen LogP contribution in [-0.2, 0) is 9.47 Å². The summed E-state index contributed by atoms with van der Waals surface area (Å²) in [6, 6.07) is 0. The van der Waals surface area contributed by atoms with E-state index in [2.05, 4.69) is 26.0 Å². The summed E-state index contributed by atoms with van der Waals surface area (Å²) in [6.45, 7) is 5.90. The van der Waals surface area contributed by atoms with Crippen LogP contribution in [0, 0.1) is 35.5 Å². The molecule has 0 amide bonds. The Morgan fingerprint density at radius 2 is 1.33 bits per heavy atom. The second-order valence-corrected chi connectivity index (χ2v) is 6.51. The Balaban J connectivity index is 1.63. The van der Waals surface area contributed by atoms with Crippen LogP contribution in [0.2, 0.25) is 0 Å². The molecule has 0 spiro atoms. The molecule has 4 bridgehead atoms. The van der Waals surface area contributed by atoms with Crippen LogP contribution in [0.4, 0.5) is 0 Å². The molecule has 0 aromatic rings. The minimum absolute atomic E-state index is 0.383. The quantitative estimate of drug-likeness (QED) is 0.562. The van der Waals surface area contributed by atoms with E-state index < -0.39 is 0 Å². The lowest BCUT2D eigenvalue weighted by Gasteiger charge is -2.41. The van der Waals surface area contributed by atoms with Gasteiger partial charge in [-0.3, -0.25) is 0 Å². The minimum Gasteiger partial charge on any atom is -0.375 e. The first-order valence-electron chi connectivity index (χ1n) is 7.76. The largest absolute Gasteiger partial charge is 0.375 e. The van der Waals surface area contributed by atoms with Gasteiger partial charge in [0, 0.05) is 13.2 Å². The maximum atomic E-state index is 6.07. The maximum Gasteiger partial charge on any atom is 0.0870 e. The molecular formula is C16H24O2. The van der Waals surface area contributed by atoms with Crippen molar-refractivity contribution in [1.82, 2.24) is 0 Å². The van der Waals surface area contributed by atoms with Gasteiger partial charge >= 0.3 is 0 Å². The van der Waals surface area contributed by atoms with Crippen molar-refractivity contribution in [2.75, 3.05) is 13.2 Å². The van der Waals surface area contributed by atoms with E-state index in [0.717, 1.165) is 48.7 Å². The Morgan fingerprint density at radius 1 is 0.833 bits per heavy atom. The number of hydrogen-bond acceptors (Lipinski definition) is 2. The average Bonchev–Trinajstić information content (AvgIpc) is 3.07. The molecule has 8 unspecified atom stereocenters. The lowest BCUT2D eigenvalue weighted by atomic mass is 9.71. The molecule has 18 heavy (non-hydrogen) atoms. The monoisotopic (exact) mass is 248 g/mol. The molecule has 2 heteroatoms. The molecule has 0 heterocycles. The molecule has 4 aliphatic rings. The standard InChI is InChI=1S/C16H24O2/c1-3-17-15-11-8-12(16(15)18-4-2)14-10-6-5-9(7-10)13(11)14/h5-6,9-16H,3-4,7-8H2,1-2H3. The molecule has 0 radical (unpaired) electrons. The van der Waals surface area contributed by atoms with Crippen LogP contribution in [0.1, 0.15) is 26.7 Å². The number of ether oxygens (including phenoxy) is 2. The fourth-order valence-corrected chi connectivity index (χ4v) is 5.75. The molecule has 4 aliphatic carbocycles. The molecule has 0 N–H and O–H groups in total. The Bertz CT molecular complexity index is 332. The molecule has 0 aliphatic heterocycles. The second kappa shape index (κ2) is 4.08. The van der Waals surface area contributed by atoms with Gasteiger partial charge in [-0.05, 0) is 62.2 Å². The zero-order valence-corrected chi connectivity index (χ0v) is 11.4. The molecule has 0 aromatic heterocycles. The Kier molecular flexibility index (Phi) is 2.60. The molecule has 100 valence electrons. The summed E-state index contributed by atoms with van der Waals surface area (Å²) in [4.78, 5) is 0. The van der Waals surface area contributed by atoms with Gasteiger partial charge in [0.25, 0.3) is 0 Å². The van der Waals surface area contributed by atoms with Crippen molar-refractivity contribution in [2.24, 2.45) is 35.5 Å². The summed E-state index contributed by atoms with van der Waals surface area (Å²) >= 11 is 0. The maximum absolute atomic E-state index is 6.07. The van der Waals surface area contributed by atoms with Crippen molar-refractivity contribution in [1.29, 1.82) is 0 Å². The highest BCUT2D eigenvalue weighted by molar-refractivity contribution is 5.22. The Hall–Kier alpha value is -0.340. The average molecular weight is 248 g/mol. The molecule has 3 fully saturated rings. The number of fused-ring (bicyclic) bond motifs is 9. The first kappa shape index (κ1) is 11.5. The van der Waals surface area contributed by atoms with E-state index in [4.69, 9.17) is 9.47 Å². The van der Waals surface area contributed by atoms with Crippen molar-refractivity contribution in [3.63, 3.8) is 0 Å². The van der Waals surface area contributed by atoms with E-state index in [9.17, 15) is 0 Å². The topological polar surface area (TPSA) is 18.5 Å². The number of hydrogen-bond donors (Lipinski definition) is 0. The second-order valence-electron chi connectivity index (χ2n) is 6.51. The Morgan fingerprint density at radius 3 is 1.78 bits per heavy atom. The zero-order valence-electron chi connectivity index (χ0n) is 11.4. The third-order valence-corrected chi connectivity index (χ3v) is 6.00. The first-order chi connectivity index (χ1) is 8.85. The SMILES string of the molecule is CCOC1C2CC(C1OCC)C1C3C=CC(C3)C21. The normalized spacial score (nSPS) is 55.4. The summed E-state index contributed by atoms with van der Waals surface area (Å²) in [5, 5.41) is 0. The minimum atomic E-state index is 0.383. The van der Waals surface area contributed by atoms with Crippen LogP contribution in [0.15, 0.2) is 12.2 Å². The van der Waals surface area contributed by atoms with E-state index in [-0.39, 0.29) is 0 Å². The van der Waals surface area contributed by atoms with Crippen molar-refractivity contribution < 1.29 is 9.47 Å². The summed E-state index contributed by atoms with van der Waals surface area (Å²) in [7, 11) is 0. The van der Waals surface area contributed by atoms with Gasteiger partial charge in [-0.25, -0.2) is 0 Å². The summed E-state index contributed by atoms with van der Waals surface area (Å²) < 4.78 is 12.1. The number of allylic oxidation sites excluding steroid dienone is 2. The predicted molar refractivity (Wildman–Crippen MR) is 70.1 cm³/mol. The third-order valence-electron chi connectivity index (χ3n) is 6.00. The fraction of sp³-hybridized carbons (Fsp3) is 0.875. The van der Waals surface area contributed by atoms with Gasteiger partial charge in [-0.1, -0.05) is 12.2 Å². The van der Waals surface area contributed by atoms with Crippen molar-refractivity contribution >= 4 is 0 Å². The summed E-state index contributed by atoms with van der Waals surface area (Å²) in [5.41, 5.74) is 0. The molecule has 0 aromatic carbocycles. The van der Waals surface area contributed by atoms with Crippen LogP contribution in [0.3, 0.4) is 0 Å². The van der Waals surface area contributed by atoms with Crippen LogP contribution in [0.5, 0.6) is 0 Å². The van der Waals surface area contributed by atoms with Gasteiger partial charge in [-0.2, -0.15) is 0 Å². The lowest BCUT2D eigenvalue weighted by Crippen LogP contribution is -2.46. The van der Waals surface area contributed by atoms with Crippen molar-refractivity contribution in [2.45, 2.75) is 38.9 Å². The van der Waals surface area contributed by atoms with Crippen LogP contribution < -0.4 is 0 Å². The van der Waals surface area contributed by atoms with Gasteiger partial charge in [0.1, 0.15) is 0 Å². The summed E-state index contributed by atoms with van der Waals surface area (Å²) in [6.07, 6.45) is 8.53. The molecule has 4 rings (SSSR count). The molecule has 2 nitrogen and oxygen atoms in total. The van der Waals surface area contributed by atoms with Crippen LogP contribution in [0.25, 0.3) is 0 Å². The van der Waals surface area contributed by atoms with Gasteiger partial charge in [0.05, 0.1) is 12.2 Å². The highest BCUT2D eigenvalue weighted by Gasteiger charge is 2.65.